The molecule has 1 aromatic rings. The third-order valence-electron chi connectivity index (χ3n) is 2.09. The van der Waals surface area contributed by atoms with Crippen molar-refractivity contribution < 1.29 is 9.53 Å². The SMILES string of the molecule is CC(=O)CC(C)Oc1c(C)cc(Br)cc1Cl. The highest BCUT2D eigenvalue weighted by molar-refractivity contribution is 9.10. The molecule has 0 heterocycles. The van der Waals surface area contributed by atoms with E-state index in [0.717, 1.165) is 10.0 Å². The number of hydrogen-bond acceptors (Lipinski definition) is 2. The first-order valence-electron chi connectivity index (χ1n) is 5.02. The summed E-state index contributed by atoms with van der Waals surface area (Å²) >= 11 is 9.44. The number of hydrogen-bond donors (Lipinski definition) is 0. The van der Waals surface area contributed by atoms with Crippen LogP contribution < -0.4 is 4.74 Å². The maximum absolute atomic E-state index is 10.9. The number of ketones is 1. The highest BCUT2D eigenvalue weighted by Gasteiger charge is 2.12. The minimum atomic E-state index is -0.158. The van der Waals surface area contributed by atoms with Crippen molar-refractivity contribution in [2.24, 2.45) is 0 Å². The molecule has 0 radical (unpaired) electrons. The predicted octanol–water partition coefficient (Wildman–Crippen LogP) is 4.16. The summed E-state index contributed by atoms with van der Waals surface area (Å²) in [5, 5.41) is 0.558. The topological polar surface area (TPSA) is 26.3 Å². The lowest BCUT2D eigenvalue weighted by molar-refractivity contribution is -0.118. The van der Waals surface area contributed by atoms with Crippen LogP contribution in [0.5, 0.6) is 5.75 Å². The summed E-state index contributed by atoms with van der Waals surface area (Å²) in [6.45, 7) is 5.33. The summed E-state index contributed by atoms with van der Waals surface area (Å²) in [6, 6.07) is 3.71. The molecule has 0 amide bonds. The third-order valence-corrected chi connectivity index (χ3v) is 2.83. The van der Waals surface area contributed by atoms with Crippen LogP contribution in [0.4, 0.5) is 0 Å². The highest BCUT2D eigenvalue weighted by atomic mass is 79.9. The molecule has 0 N–H and O–H groups in total. The summed E-state index contributed by atoms with van der Waals surface area (Å²) in [5.41, 5.74) is 0.953. The Morgan fingerprint density at radius 2 is 2.19 bits per heavy atom. The Bertz CT molecular complexity index is 381. The first-order chi connectivity index (χ1) is 7.40. The molecule has 0 bridgehead atoms. The quantitative estimate of drug-likeness (QED) is 0.835. The Morgan fingerprint density at radius 1 is 1.56 bits per heavy atom. The minimum Gasteiger partial charge on any atom is -0.488 e. The van der Waals surface area contributed by atoms with E-state index in [0.29, 0.717) is 17.2 Å². The van der Waals surface area contributed by atoms with Gasteiger partial charge in [0, 0.05) is 10.9 Å². The first kappa shape index (κ1) is 13.5. The van der Waals surface area contributed by atoms with Crippen LogP contribution >= 0.6 is 27.5 Å². The third kappa shape index (κ3) is 3.80. The first-order valence-corrected chi connectivity index (χ1v) is 6.19. The Morgan fingerprint density at radius 3 is 2.69 bits per heavy atom. The van der Waals surface area contributed by atoms with E-state index >= 15 is 0 Å². The normalized spacial score (nSPS) is 12.3. The van der Waals surface area contributed by atoms with Crippen molar-refractivity contribution in [1.29, 1.82) is 0 Å². The lowest BCUT2D eigenvalue weighted by Crippen LogP contribution is -2.16. The van der Waals surface area contributed by atoms with Crippen molar-refractivity contribution in [3.05, 3.63) is 27.2 Å². The van der Waals surface area contributed by atoms with Crippen LogP contribution in [0, 0.1) is 6.92 Å². The van der Waals surface area contributed by atoms with E-state index in [9.17, 15) is 4.79 Å². The zero-order valence-electron chi connectivity index (χ0n) is 9.51. The van der Waals surface area contributed by atoms with Crippen LogP contribution in [-0.4, -0.2) is 11.9 Å². The zero-order valence-corrected chi connectivity index (χ0v) is 11.9. The van der Waals surface area contributed by atoms with E-state index in [2.05, 4.69) is 15.9 Å². The molecule has 0 aliphatic rings. The van der Waals surface area contributed by atoms with Gasteiger partial charge in [-0.25, -0.2) is 0 Å². The molecule has 1 rings (SSSR count). The van der Waals surface area contributed by atoms with E-state index < -0.39 is 0 Å². The van der Waals surface area contributed by atoms with Crippen molar-refractivity contribution in [2.75, 3.05) is 0 Å². The van der Waals surface area contributed by atoms with Crippen molar-refractivity contribution in [3.63, 3.8) is 0 Å². The number of rotatable bonds is 4. The minimum absolute atomic E-state index is 0.110. The molecule has 0 fully saturated rings. The van der Waals surface area contributed by atoms with Gasteiger partial charge in [-0.1, -0.05) is 27.5 Å². The molecular weight excluding hydrogens is 291 g/mol. The molecule has 0 saturated carbocycles. The molecule has 0 aliphatic carbocycles. The number of Topliss-reactive ketones (excluding diaryl/α,β-unsaturated/α-hetero) is 1. The van der Waals surface area contributed by atoms with Gasteiger partial charge in [0.15, 0.2) is 0 Å². The van der Waals surface area contributed by atoms with Gasteiger partial charge in [0.1, 0.15) is 17.6 Å². The number of halogens is 2. The van der Waals surface area contributed by atoms with Gasteiger partial charge in [-0.15, -0.1) is 0 Å². The molecule has 0 aliphatic heterocycles. The molecule has 4 heteroatoms. The number of ether oxygens (including phenoxy) is 1. The van der Waals surface area contributed by atoms with Gasteiger partial charge in [0.25, 0.3) is 0 Å². The smallest absolute Gasteiger partial charge is 0.141 e. The van der Waals surface area contributed by atoms with E-state index in [1.807, 2.05) is 19.9 Å². The second-order valence-corrected chi connectivity index (χ2v) is 5.19. The summed E-state index contributed by atoms with van der Waals surface area (Å²) < 4.78 is 6.59. The fourth-order valence-corrected chi connectivity index (χ4v) is 2.50. The van der Waals surface area contributed by atoms with Gasteiger partial charge < -0.3 is 4.74 Å². The van der Waals surface area contributed by atoms with E-state index in [4.69, 9.17) is 16.3 Å². The van der Waals surface area contributed by atoms with E-state index in [1.165, 1.54) is 0 Å². The summed E-state index contributed by atoms with van der Waals surface area (Å²) in [4.78, 5) is 10.9. The zero-order chi connectivity index (χ0) is 12.3. The van der Waals surface area contributed by atoms with Gasteiger partial charge in [-0.2, -0.15) is 0 Å². The summed E-state index contributed by atoms with van der Waals surface area (Å²) in [6.07, 6.45) is 0.237. The maximum atomic E-state index is 10.9. The van der Waals surface area contributed by atoms with Crippen LogP contribution in [0.15, 0.2) is 16.6 Å². The number of carbonyl (C=O) groups is 1. The monoisotopic (exact) mass is 304 g/mol. The van der Waals surface area contributed by atoms with Gasteiger partial charge in [0.05, 0.1) is 5.02 Å². The second-order valence-electron chi connectivity index (χ2n) is 3.87. The fourth-order valence-electron chi connectivity index (χ4n) is 1.49. The number of benzene rings is 1. The van der Waals surface area contributed by atoms with Gasteiger partial charge in [-0.3, -0.25) is 4.79 Å². The lowest BCUT2D eigenvalue weighted by atomic mass is 10.2. The molecule has 0 aromatic heterocycles. The Balaban J connectivity index is 2.85. The van der Waals surface area contributed by atoms with Gasteiger partial charge >= 0.3 is 0 Å². The van der Waals surface area contributed by atoms with Crippen LogP contribution in [0.1, 0.15) is 25.8 Å². The molecular formula is C12H14BrClO2. The maximum Gasteiger partial charge on any atom is 0.141 e. The van der Waals surface area contributed by atoms with Gasteiger partial charge in [0.2, 0.25) is 0 Å². The lowest BCUT2D eigenvalue weighted by Gasteiger charge is -2.16. The summed E-state index contributed by atoms with van der Waals surface area (Å²) in [5.74, 6) is 0.761. The van der Waals surface area contributed by atoms with Crippen LogP contribution in [-0.2, 0) is 4.79 Å². The average Bonchev–Trinajstić information content (AvgIpc) is 2.09. The molecule has 16 heavy (non-hydrogen) atoms. The molecule has 2 nitrogen and oxygen atoms in total. The molecule has 1 aromatic carbocycles. The van der Waals surface area contributed by atoms with Crippen LogP contribution in [0.3, 0.4) is 0 Å². The number of carbonyl (C=O) groups excluding carboxylic acids is 1. The average molecular weight is 306 g/mol. The Labute approximate surface area is 109 Å². The predicted molar refractivity (Wildman–Crippen MR) is 69.3 cm³/mol. The van der Waals surface area contributed by atoms with Crippen molar-refractivity contribution in [1.82, 2.24) is 0 Å². The number of aryl methyl sites for hydroxylation is 1. The van der Waals surface area contributed by atoms with Crippen molar-refractivity contribution in [3.8, 4) is 5.75 Å². The largest absolute Gasteiger partial charge is 0.488 e. The standard InChI is InChI=1S/C12H14BrClO2/c1-7-4-10(13)6-11(14)12(7)16-9(3)5-8(2)15/h4,6,9H,5H2,1-3H3. The highest BCUT2D eigenvalue weighted by Crippen LogP contribution is 2.32. The van der Waals surface area contributed by atoms with Crippen LogP contribution in [0.25, 0.3) is 0 Å². The Hall–Kier alpha value is -0.540. The van der Waals surface area contributed by atoms with E-state index in [-0.39, 0.29) is 11.9 Å². The van der Waals surface area contributed by atoms with Crippen molar-refractivity contribution >= 4 is 33.3 Å². The summed E-state index contributed by atoms with van der Waals surface area (Å²) in [7, 11) is 0. The molecule has 88 valence electrons. The van der Waals surface area contributed by atoms with Crippen molar-refractivity contribution in [2.45, 2.75) is 33.3 Å². The Kier molecular flexibility index (Phi) is 4.81. The fraction of sp³-hybridized carbons (Fsp3) is 0.417. The molecule has 1 atom stereocenters. The molecule has 0 saturated heterocycles. The molecule has 0 spiro atoms. The second kappa shape index (κ2) is 5.69. The van der Waals surface area contributed by atoms with Gasteiger partial charge in [-0.05, 0) is 38.5 Å². The van der Waals surface area contributed by atoms with E-state index in [1.54, 1.807) is 13.0 Å². The van der Waals surface area contributed by atoms with Crippen LogP contribution in [0.2, 0.25) is 5.02 Å². The molecule has 1 unspecified atom stereocenters.